The fraction of sp³-hybridized carbons (Fsp3) is 0.693. The van der Waals surface area contributed by atoms with Crippen LogP contribution in [0, 0.1) is 0 Å². The van der Waals surface area contributed by atoms with E-state index >= 15 is 0 Å². The predicted octanol–water partition coefficient (Wildman–Crippen LogP) is 12.5. The second-order valence-electron chi connectivity index (χ2n) is 27.4. The van der Waals surface area contributed by atoms with Crippen LogP contribution >= 0.6 is 15.6 Å². The molecule has 3 heterocycles. The zero-order valence-corrected chi connectivity index (χ0v) is 63.5. The Labute approximate surface area is 595 Å². The molecule has 3 aliphatic rings. The summed E-state index contributed by atoms with van der Waals surface area (Å²) in [6.07, 6.45) is 16.6. The third-order valence-electron chi connectivity index (χ3n) is 18.1. The Balaban J connectivity index is 1.34. The zero-order valence-electron chi connectivity index (χ0n) is 61.7. The van der Waals surface area contributed by atoms with Crippen molar-refractivity contribution in [3.05, 3.63) is 128 Å². The van der Waals surface area contributed by atoms with Gasteiger partial charge in [-0.2, -0.15) is 4.31 Å². The molecule has 100 heavy (non-hydrogen) atoms. The Hall–Kier alpha value is -3.69. The van der Waals surface area contributed by atoms with Crippen molar-refractivity contribution in [1.29, 1.82) is 0 Å². The Kier molecular flexibility index (Phi) is 43.2. The number of carbonyl (C=O) groups excluding carboxylic acids is 1. The van der Waals surface area contributed by atoms with Crippen molar-refractivity contribution >= 4 is 21.6 Å². The molecule has 0 aromatic rings. The van der Waals surface area contributed by atoms with Crippen molar-refractivity contribution in [2.24, 2.45) is 0 Å². The summed E-state index contributed by atoms with van der Waals surface area (Å²) in [5.41, 5.74) is 14.7. The number of aliphatic hydroxyl groups is 9. The van der Waals surface area contributed by atoms with Gasteiger partial charge in [0.1, 0.15) is 79.9 Å². The van der Waals surface area contributed by atoms with Gasteiger partial charge in [-0.05, 0) is 212 Å². The van der Waals surface area contributed by atoms with Crippen molar-refractivity contribution < 1.29 is 111 Å². The summed E-state index contributed by atoms with van der Waals surface area (Å²) in [6, 6.07) is 0. The van der Waals surface area contributed by atoms with Crippen LogP contribution in [-0.2, 0) is 55.7 Å². The molecular weight excluding hydrogens is 1330 g/mol. The first kappa shape index (κ1) is 90.5. The first-order chi connectivity index (χ1) is 47.2. The van der Waals surface area contributed by atoms with Gasteiger partial charge in [0.15, 0.2) is 18.9 Å². The first-order valence-electron chi connectivity index (χ1n) is 35.5. The van der Waals surface area contributed by atoms with Crippen LogP contribution in [0.4, 0.5) is 0 Å². The largest absolute Gasteiger partial charge is 0.483 e. The van der Waals surface area contributed by atoms with Crippen LogP contribution in [0.5, 0.6) is 0 Å². The highest BCUT2D eigenvalue weighted by Gasteiger charge is 2.55. The van der Waals surface area contributed by atoms with E-state index in [2.05, 4.69) is 134 Å². The SMILES string of the molecule is C/C=C(/C)CC/C=C(/C)CC/C=C(/C)CC/C=C(/C)CC/C=C(/C)CC/C=C(/C)CC/C=C(/C)CC/C=C(/C)CC/C=C(\C)CC/C=C(\C)CC/C=C(\C)COP(=O)(O)OP(=O)(O)O[C@H]1O[C@H](CO)[C@H](O)[C@H](O[C@@H]2O[C@H](CO)[C@@H](O[C@@H]3O[C@H](COC(C)=O)[C@@H](O)[C@H](O)[C@H]3O)[C@H](O)[C@H]2O)[C@H]1O. The van der Waals surface area contributed by atoms with Gasteiger partial charge in [-0.15, -0.1) is 0 Å². The van der Waals surface area contributed by atoms with Crippen molar-refractivity contribution in [3.8, 4) is 0 Å². The highest BCUT2D eigenvalue weighted by atomic mass is 31.3. The number of hydrogen-bond acceptors (Lipinski definition) is 21. The quantitative estimate of drug-likeness (QED) is 0.0153. The van der Waals surface area contributed by atoms with E-state index in [0.29, 0.717) is 18.4 Å². The van der Waals surface area contributed by atoms with Crippen LogP contribution in [-0.4, -0.2) is 180 Å². The molecule has 0 aromatic carbocycles. The van der Waals surface area contributed by atoms with Crippen LogP contribution in [0.3, 0.4) is 0 Å². The van der Waals surface area contributed by atoms with Crippen LogP contribution < -0.4 is 0 Å². The standard InChI is InChI=1S/C75H124O23P2/c1-14-49(2)25-15-26-50(3)27-16-28-51(4)29-17-30-52(5)31-18-32-53(6)33-19-34-54(7)35-20-36-55(8)37-21-38-56(9)39-22-40-57(10)41-23-42-58(11)43-24-44-59(12)47-91-99(86,87)98-100(88,89)97-75-70(85)72(65(80)61(45-76)92-75)96-74-69(84)67(82)71(62(46-77)93-74)95-73-68(83)66(81)64(79)63(94-73)48-90-60(13)78/h14,26,28,30,32,34,36,38,40,42,44,61-77,79-85H,15-25,27,29,31,33,35,37,39,41,43,45-48H2,1-13H3,(H,86,87)(H,88,89)/b49-14-,50-26-,51-28-,52-30-,53-32-,54-34-,55-36-,56-38-,57-40+,58-42+,59-44+/t61-,62-,63-,64-,65+,66+,67-,68-,69-,70-,71-,72+,73+,74+,75-/m1/s1. The molecule has 2 unspecified atom stereocenters. The molecule has 0 aliphatic carbocycles. The van der Waals surface area contributed by atoms with Gasteiger partial charge < -0.3 is 84.2 Å². The molecule has 0 radical (unpaired) electrons. The highest BCUT2D eigenvalue weighted by Crippen LogP contribution is 2.61. The van der Waals surface area contributed by atoms with Gasteiger partial charge in [-0.25, -0.2) is 9.13 Å². The number of allylic oxidation sites excluding steroid dienone is 21. The molecule has 0 bridgehead atoms. The summed E-state index contributed by atoms with van der Waals surface area (Å²) in [6.45, 7) is 23.8. The zero-order chi connectivity index (χ0) is 74.7. The third kappa shape index (κ3) is 35.4. The number of rotatable bonds is 45. The average Bonchev–Trinajstić information content (AvgIpc) is 0.781. The van der Waals surface area contributed by atoms with Gasteiger partial charge in [0.2, 0.25) is 0 Å². The number of aliphatic hydroxyl groups excluding tert-OH is 9. The molecule has 23 nitrogen and oxygen atoms in total. The van der Waals surface area contributed by atoms with Crippen LogP contribution in [0.1, 0.15) is 218 Å². The second-order valence-corrected chi connectivity index (χ2v) is 30.4. The molecule has 11 N–H and O–H groups in total. The van der Waals surface area contributed by atoms with Crippen molar-refractivity contribution in [1.82, 2.24) is 0 Å². The smallest absolute Gasteiger partial charge is 0.463 e. The molecule has 3 fully saturated rings. The summed E-state index contributed by atoms with van der Waals surface area (Å²) >= 11 is 0. The van der Waals surface area contributed by atoms with Gasteiger partial charge in [0, 0.05) is 6.92 Å². The normalized spacial score (nSPS) is 29.1. The summed E-state index contributed by atoms with van der Waals surface area (Å²) in [5.74, 6) is -0.763. The monoisotopic (exact) mass is 1450 g/mol. The lowest BCUT2D eigenvalue weighted by molar-refractivity contribution is -0.377. The predicted molar refractivity (Wildman–Crippen MR) is 386 cm³/mol. The van der Waals surface area contributed by atoms with E-state index < -0.39 is 140 Å². The fourth-order valence-electron chi connectivity index (χ4n) is 11.4. The molecule has 17 atom stereocenters. The molecule has 572 valence electrons. The lowest BCUT2D eigenvalue weighted by atomic mass is 9.96. The Morgan fingerprint density at radius 3 is 1.04 bits per heavy atom. The van der Waals surface area contributed by atoms with Gasteiger partial charge in [-0.3, -0.25) is 13.8 Å². The molecule has 25 heteroatoms. The summed E-state index contributed by atoms with van der Waals surface area (Å²) in [5, 5.41) is 95.9. The minimum atomic E-state index is -5.73. The van der Waals surface area contributed by atoms with Crippen LogP contribution in [0.15, 0.2) is 128 Å². The van der Waals surface area contributed by atoms with Gasteiger partial charge in [-0.1, -0.05) is 128 Å². The lowest BCUT2D eigenvalue weighted by Gasteiger charge is -2.48. The molecule has 0 amide bonds. The summed E-state index contributed by atoms with van der Waals surface area (Å²) < 4.78 is 72.6. The molecule has 0 aromatic heterocycles. The molecule has 3 rings (SSSR count). The van der Waals surface area contributed by atoms with E-state index in [9.17, 15) is 69.7 Å². The number of phosphoric acid groups is 2. The maximum atomic E-state index is 13.1. The Morgan fingerprint density at radius 2 is 0.690 bits per heavy atom. The average molecular weight is 1460 g/mol. The van der Waals surface area contributed by atoms with Gasteiger partial charge in [0.25, 0.3) is 0 Å². The third-order valence-corrected chi connectivity index (χ3v) is 20.6. The van der Waals surface area contributed by atoms with E-state index in [1.165, 1.54) is 50.2 Å². The van der Waals surface area contributed by atoms with E-state index in [1.54, 1.807) is 13.0 Å². The van der Waals surface area contributed by atoms with Crippen molar-refractivity contribution in [2.45, 2.75) is 311 Å². The number of phosphoric ester groups is 2. The Bertz CT molecular complexity index is 2920. The second kappa shape index (κ2) is 47.7. The van der Waals surface area contributed by atoms with Gasteiger partial charge >= 0.3 is 21.6 Å². The number of ether oxygens (including phenoxy) is 6. The highest BCUT2D eigenvalue weighted by molar-refractivity contribution is 7.61. The number of hydrogen-bond donors (Lipinski definition) is 11. The molecular formula is C75H124O23P2. The fourth-order valence-corrected chi connectivity index (χ4v) is 13.6. The lowest BCUT2D eigenvalue weighted by Crippen LogP contribution is -2.66. The Morgan fingerprint density at radius 1 is 0.370 bits per heavy atom. The topological polar surface area (TPSA) is 357 Å². The van der Waals surface area contributed by atoms with Crippen LogP contribution in [0.2, 0.25) is 0 Å². The molecule has 3 aliphatic heterocycles. The minimum absolute atomic E-state index is 0.492. The molecule has 3 saturated heterocycles. The first-order valence-corrected chi connectivity index (χ1v) is 38.5. The maximum absolute atomic E-state index is 13.1. The van der Waals surface area contributed by atoms with E-state index in [1.807, 2.05) is 6.92 Å². The van der Waals surface area contributed by atoms with E-state index in [-0.39, 0.29) is 0 Å². The van der Waals surface area contributed by atoms with Crippen molar-refractivity contribution in [2.75, 3.05) is 26.4 Å². The van der Waals surface area contributed by atoms with E-state index in [4.69, 9.17) is 37.5 Å². The summed E-state index contributed by atoms with van der Waals surface area (Å²) in [7, 11) is -11.1. The summed E-state index contributed by atoms with van der Waals surface area (Å²) in [4.78, 5) is 32.3. The minimum Gasteiger partial charge on any atom is -0.463 e. The maximum Gasteiger partial charge on any atom is 0.483 e. The molecule has 0 saturated carbocycles. The van der Waals surface area contributed by atoms with Gasteiger partial charge in [0.05, 0.1) is 19.8 Å². The number of esters is 1. The van der Waals surface area contributed by atoms with Crippen molar-refractivity contribution in [3.63, 3.8) is 0 Å². The molecule has 0 spiro atoms. The van der Waals surface area contributed by atoms with Crippen LogP contribution in [0.25, 0.3) is 0 Å². The van der Waals surface area contributed by atoms with E-state index in [0.717, 1.165) is 128 Å². The number of carbonyl (C=O) groups is 1.